The van der Waals surface area contributed by atoms with Crippen molar-refractivity contribution >= 4 is 28.9 Å². The topological polar surface area (TPSA) is 134 Å². The van der Waals surface area contributed by atoms with Crippen LogP contribution < -0.4 is 10.6 Å². The molecule has 11 heteroatoms. The fourth-order valence-corrected chi connectivity index (χ4v) is 5.39. The molecule has 2 aromatic carbocycles. The van der Waals surface area contributed by atoms with Gasteiger partial charge in [-0.3, -0.25) is 4.90 Å². The average molecular weight is 628 g/mol. The summed E-state index contributed by atoms with van der Waals surface area (Å²) in [5, 5.41) is 8.27. The zero-order valence-corrected chi connectivity index (χ0v) is 27.8. The summed E-state index contributed by atoms with van der Waals surface area (Å²) in [6.45, 7) is 14.3. The Balaban J connectivity index is 1.23. The second-order valence-electron chi connectivity index (χ2n) is 13.7. The molecule has 5 rings (SSSR count). The Hall–Kier alpha value is -4.67. The number of carbonyl (C=O) groups is 2. The molecule has 0 spiro atoms. The van der Waals surface area contributed by atoms with Crippen LogP contribution in [-0.4, -0.2) is 67.4 Å². The first-order valence-corrected chi connectivity index (χ1v) is 15.9. The van der Waals surface area contributed by atoms with E-state index in [1.54, 1.807) is 17.3 Å². The highest BCUT2D eigenvalue weighted by Crippen LogP contribution is 2.34. The van der Waals surface area contributed by atoms with Gasteiger partial charge >= 0.3 is 12.2 Å². The van der Waals surface area contributed by atoms with E-state index in [1.165, 1.54) is 0 Å². The maximum atomic E-state index is 12.8. The van der Waals surface area contributed by atoms with E-state index < -0.39 is 17.3 Å². The number of fused-ring (bicyclic) bond motifs is 1. The number of imidazole rings is 1. The maximum absolute atomic E-state index is 12.8. The average Bonchev–Trinajstić information content (AvgIpc) is 3.68. The number of carbonyl (C=O) groups excluding carboxylic acids is 2. The van der Waals surface area contributed by atoms with Gasteiger partial charge in [-0.25, -0.2) is 24.5 Å². The molecule has 3 N–H and O–H groups in total. The summed E-state index contributed by atoms with van der Waals surface area (Å²) < 4.78 is 11.0. The quantitative estimate of drug-likeness (QED) is 0.183. The number of aromatic amines is 1. The predicted octanol–water partition coefficient (Wildman–Crippen LogP) is 7.47. The van der Waals surface area contributed by atoms with E-state index in [-0.39, 0.29) is 18.2 Å². The number of alkyl carbamates (subject to hydrolysis) is 1. The van der Waals surface area contributed by atoms with Crippen molar-refractivity contribution in [2.45, 2.75) is 91.0 Å². The van der Waals surface area contributed by atoms with Gasteiger partial charge < -0.3 is 25.1 Å². The molecule has 1 fully saturated rings. The summed E-state index contributed by atoms with van der Waals surface area (Å²) in [7, 11) is 0. The van der Waals surface area contributed by atoms with Crippen LogP contribution in [0.25, 0.3) is 33.2 Å². The SMILES string of the molecule is CCC(CNc1ncc(-c2ccc3cc(-c4cnc(C5CCCN5C(=O)OC(C)(C)C)[nH]4)ccc3c2)cn1)NC(=O)OC(C)(C)C. The number of aromatic nitrogens is 4. The molecule has 11 nitrogen and oxygen atoms in total. The smallest absolute Gasteiger partial charge is 0.410 e. The van der Waals surface area contributed by atoms with Gasteiger partial charge in [-0.05, 0) is 89.3 Å². The Labute approximate surface area is 270 Å². The Morgan fingerprint density at radius 3 is 2.22 bits per heavy atom. The van der Waals surface area contributed by atoms with Gasteiger partial charge in [0.25, 0.3) is 0 Å². The zero-order chi connectivity index (χ0) is 33.1. The number of amides is 2. The second kappa shape index (κ2) is 13.4. The van der Waals surface area contributed by atoms with Crippen LogP contribution in [0.3, 0.4) is 0 Å². The molecule has 1 aliphatic heterocycles. The Bertz CT molecular complexity index is 1670. The van der Waals surface area contributed by atoms with Crippen molar-refractivity contribution < 1.29 is 19.1 Å². The number of nitrogens with one attached hydrogen (secondary N) is 3. The summed E-state index contributed by atoms with van der Waals surface area (Å²) >= 11 is 0. The molecule has 4 aromatic rings. The number of nitrogens with zero attached hydrogens (tertiary/aromatic N) is 4. The fraction of sp³-hybridized carbons (Fsp3) is 0.457. The van der Waals surface area contributed by atoms with Gasteiger partial charge in [0.1, 0.15) is 17.0 Å². The largest absolute Gasteiger partial charge is 0.444 e. The van der Waals surface area contributed by atoms with E-state index in [2.05, 4.69) is 67.0 Å². The van der Waals surface area contributed by atoms with E-state index >= 15 is 0 Å². The summed E-state index contributed by atoms with van der Waals surface area (Å²) in [5.41, 5.74) is 2.74. The maximum Gasteiger partial charge on any atom is 0.410 e. The molecule has 2 aromatic heterocycles. The van der Waals surface area contributed by atoms with Crippen LogP contribution >= 0.6 is 0 Å². The van der Waals surface area contributed by atoms with E-state index in [4.69, 9.17) is 9.47 Å². The van der Waals surface area contributed by atoms with Crippen LogP contribution in [0.2, 0.25) is 0 Å². The fourth-order valence-electron chi connectivity index (χ4n) is 5.39. The van der Waals surface area contributed by atoms with Crippen molar-refractivity contribution in [3.05, 3.63) is 60.8 Å². The Kier molecular flexibility index (Phi) is 9.50. The van der Waals surface area contributed by atoms with Crippen LogP contribution in [-0.2, 0) is 9.47 Å². The van der Waals surface area contributed by atoms with E-state index in [0.717, 1.165) is 58.2 Å². The summed E-state index contributed by atoms with van der Waals surface area (Å²) in [6, 6.07) is 12.3. The highest BCUT2D eigenvalue weighted by atomic mass is 16.6. The third-order valence-corrected chi connectivity index (χ3v) is 7.65. The molecule has 1 saturated heterocycles. The zero-order valence-electron chi connectivity index (χ0n) is 27.8. The lowest BCUT2D eigenvalue weighted by atomic mass is 10.0. The predicted molar refractivity (Wildman–Crippen MR) is 179 cm³/mol. The highest BCUT2D eigenvalue weighted by molar-refractivity contribution is 5.90. The first-order chi connectivity index (χ1) is 21.8. The van der Waals surface area contributed by atoms with Crippen LogP contribution in [0, 0.1) is 0 Å². The second-order valence-corrected chi connectivity index (χ2v) is 13.7. The molecule has 0 aliphatic carbocycles. The first-order valence-electron chi connectivity index (χ1n) is 15.9. The third-order valence-electron chi connectivity index (χ3n) is 7.65. The third kappa shape index (κ3) is 8.32. The molecular weight excluding hydrogens is 582 g/mol. The van der Waals surface area contributed by atoms with Gasteiger partial charge in [0.15, 0.2) is 0 Å². The van der Waals surface area contributed by atoms with E-state index in [1.807, 2.05) is 54.7 Å². The minimum absolute atomic E-state index is 0.119. The Morgan fingerprint density at radius 2 is 1.57 bits per heavy atom. The molecule has 2 unspecified atom stereocenters. The number of anilines is 1. The molecular formula is C35H45N7O4. The molecule has 46 heavy (non-hydrogen) atoms. The van der Waals surface area contributed by atoms with E-state index in [9.17, 15) is 9.59 Å². The normalized spacial score (nSPS) is 15.9. The van der Waals surface area contributed by atoms with Crippen LogP contribution in [0.4, 0.5) is 15.5 Å². The molecule has 0 bridgehead atoms. The van der Waals surface area contributed by atoms with Gasteiger partial charge in [-0.2, -0.15) is 0 Å². The van der Waals surface area contributed by atoms with Gasteiger partial charge in [-0.1, -0.05) is 31.2 Å². The van der Waals surface area contributed by atoms with Gasteiger partial charge in [0, 0.05) is 42.7 Å². The van der Waals surface area contributed by atoms with Crippen LogP contribution in [0.1, 0.15) is 79.6 Å². The standard InChI is InChI=1S/C35H45N7O4/c1-8-27(40-32(43)45-34(2,3)4)20-39-31-37-18-26(19-38-31)24-12-11-23-17-25(14-13-22(23)16-24)28-21-36-30(41-28)29-10-9-15-42(29)33(44)46-35(5,6)7/h11-14,16-19,21,27,29H,8-10,15,20H2,1-7H3,(H,36,41)(H,40,43)(H,37,38,39). The number of benzene rings is 2. The minimum atomic E-state index is -0.549. The van der Waals surface area contributed by atoms with Crippen molar-refractivity contribution in [1.82, 2.24) is 30.2 Å². The molecule has 2 atom stereocenters. The minimum Gasteiger partial charge on any atom is -0.444 e. The summed E-state index contributed by atoms with van der Waals surface area (Å²) in [5.74, 6) is 1.26. The van der Waals surface area contributed by atoms with Crippen LogP contribution in [0.5, 0.6) is 0 Å². The van der Waals surface area contributed by atoms with Crippen molar-refractivity contribution in [1.29, 1.82) is 0 Å². The first kappa shape index (κ1) is 32.7. The van der Waals surface area contributed by atoms with Crippen molar-refractivity contribution in [2.75, 3.05) is 18.4 Å². The molecule has 3 heterocycles. The molecule has 244 valence electrons. The van der Waals surface area contributed by atoms with Crippen molar-refractivity contribution in [3.63, 3.8) is 0 Å². The summed E-state index contributed by atoms with van der Waals surface area (Å²) in [4.78, 5) is 43.8. The van der Waals surface area contributed by atoms with Crippen molar-refractivity contribution in [3.8, 4) is 22.4 Å². The van der Waals surface area contributed by atoms with Gasteiger partial charge in [0.05, 0.1) is 17.9 Å². The van der Waals surface area contributed by atoms with Gasteiger partial charge in [0.2, 0.25) is 5.95 Å². The molecule has 2 amide bonds. The molecule has 0 saturated carbocycles. The number of likely N-dealkylation sites (tertiary alicyclic amines) is 1. The lowest BCUT2D eigenvalue weighted by molar-refractivity contribution is 0.0218. The summed E-state index contributed by atoms with van der Waals surface area (Å²) in [6.07, 6.45) is 7.17. The number of hydrogen-bond acceptors (Lipinski definition) is 8. The monoisotopic (exact) mass is 627 g/mol. The molecule has 1 aliphatic rings. The molecule has 0 radical (unpaired) electrons. The number of hydrogen-bond donors (Lipinski definition) is 3. The van der Waals surface area contributed by atoms with Gasteiger partial charge in [-0.15, -0.1) is 0 Å². The van der Waals surface area contributed by atoms with Crippen LogP contribution in [0.15, 0.2) is 55.0 Å². The number of rotatable bonds is 8. The lowest BCUT2D eigenvalue weighted by Gasteiger charge is -2.27. The highest BCUT2D eigenvalue weighted by Gasteiger charge is 2.34. The van der Waals surface area contributed by atoms with E-state index in [0.29, 0.717) is 19.0 Å². The Morgan fingerprint density at radius 1 is 0.913 bits per heavy atom. The van der Waals surface area contributed by atoms with Crippen molar-refractivity contribution in [2.24, 2.45) is 0 Å². The number of H-pyrrole nitrogens is 1. The number of ether oxygens (including phenoxy) is 2. The lowest BCUT2D eigenvalue weighted by Crippen LogP contribution is -2.42.